The van der Waals surface area contributed by atoms with Gasteiger partial charge >= 0.3 is 6.03 Å². The molecular formula is C14H18N2O3. The van der Waals surface area contributed by atoms with Gasteiger partial charge in [-0.2, -0.15) is 0 Å². The van der Waals surface area contributed by atoms with E-state index in [4.69, 9.17) is 4.74 Å². The number of methoxy groups -OCH3 is 1. The van der Waals surface area contributed by atoms with E-state index in [9.17, 15) is 9.59 Å². The third-order valence-electron chi connectivity index (χ3n) is 3.29. The molecule has 19 heavy (non-hydrogen) atoms. The lowest BCUT2D eigenvalue weighted by molar-refractivity contribution is 0.101. The van der Waals surface area contributed by atoms with E-state index in [2.05, 4.69) is 5.32 Å². The van der Waals surface area contributed by atoms with Crippen molar-refractivity contribution in [1.29, 1.82) is 0 Å². The maximum atomic E-state index is 12.0. The van der Waals surface area contributed by atoms with Crippen LogP contribution < -0.4 is 5.32 Å². The van der Waals surface area contributed by atoms with Crippen LogP contribution in [0.15, 0.2) is 24.3 Å². The Balaban J connectivity index is 1.99. The Morgan fingerprint density at radius 2 is 2.21 bits per heavy atom. The Hall–Kier alpha value is -1.88. The SMILES string of the molecule is COC1CCN(C(=O)Nc2cccc(C(C)=O)c2)C1. The van der Waals surface area contributed by atoms with Crippen LogP contribution in [0.5, 0.6) is 0 Å². The van der Waals surface area contributed by atoms with Crippen LogP contribution in [0.1, 0.15) is 23.7 Å². The summed E-state index contributed by atoms with van der Waals surface area (Å²) in [6.45, 7) is 2.80. The van der Waals surface area contributed by atoms with Gasteiger partial charge in [0.05, 0.1) is 6.10 Å². The van der Waals surface area contributed by atoms with Crippen LogP contribution in [0.2, 0.25) is 0 Å². The molecule has 0 saturated carbocycles. The van der Waals surface area contributed by atoms with E-state index in [0.717, 1.165) is 6.42 Å². The molecule has 5 nitrogen and oxygen atoms in total. The topological polar surface area (TPSA) is 58.6 Å². The molecule has 102 valence electrons. The van der Waals surface area contributed by atoms with Crippen LogP contribution in [0, 0.1) is 0 Å². The number of amides is 2. The van der Waals surface area contributed by atoms with E-state index < -0.39 is 0 Å². The Bertz CT molecular complexity index is 487. The first kappa shape index (κ1) is 13.5. The van der Waals surface area contributed by atoms with Crippen LogP contribution in [-0.2, 0) is 4.74 Å². The van der Waals surface area contributed by atoms with Crippen molar-refractivity contribution in [3.05, 3.63) is 29.8 Å². The highest BCUT2D eigenvalue weighted by atomic mass is 16.5. The van der Waals surface area contributed by atoms with Crippen molar-refractivity contribution in [1.82, 2.24) is 4.90 Å². The van der Waals surface area contributed by atoms with Gasteiger partial charge in [-0.3, -0.25) is 4.79 Å². The van der Waals surface area contributed by atoms with E-state index >= 15 is 0 Å². The first-order chi connectivity index (χ1) is 9.10. The van der Waals surface area contributed by atoms with Crippen LogP contribution in [0.4, 0.5) is 10.5 Å². The van der Waals surface area contributed by atoms with Gasteiger partial charge in [0.15, 0.2) is 5.78 Å². The fourth-order valence-electron chi connectivity index (χ4n) is 2.12. The van der Waals surface area contributed by atoms with Crippen molar-refractivity contribution >= 4 is 17.5 Å². The van der Waals surface area contributed by atoms with Gasteiger partial charge < -0.3 is 15.0 Å². The fraction of sp³-hybridized carbons (Fsp3) is 0.429. The number of hydrogen-bond donors (Lipinski definition) is 1. The van der Waals surface area contributed by atoms with Crippen molar-refractivity contribution in [2.45, 2.75) is 19.4 Å². The minimum Gasteiger partial charge on any atom is -0.380 e. The van der Waals surface area contributed by atoms with Gasteiger partial charge in [-0.05, 0) is 25.5 Å². The summed E-state index contributed by atoms with van der Waals surface area (Å²) in [5.41, 5.74) is 1.23. The molecule has 1 N–H and O–H groups in total. The summed E-state index contributed by atoms with van der Waals surface area (Å²) >= 11 is 0. The molecule has 0 radical (unpaired) electrons. The molecule has 2 rings (SSSR count). The molecule has 2 amide bonds. The predicted octanol–water partition coefficient (Wildman–Crippen LogP) is 2.14. The summed E-state index contributed by atoms with van der Waals surface area (Å²) in [5, 5.41) is 2.80. The van der Waals surface area contributed by atoms with Gasteiger partial charge in [0.2, 0.25) is 0 Å². The number of benzene rings is 1. The molecule has 0 bridgehead atoms. The van der Waals surface area contributed by atoms with E-state index in [-0.39, 0.29) is 17.9 Å². The normalized spacial score (nSPS) is 18.4. The third-order valence-corrected chi connectivity index (χ3v) is 3.29. The molecule has 0 aromatic heterocycles. The van der Waals surface area contributed by atoms with Crippen LogP contribution in [-0.4, -0.2) is 43.0 Å². The number of nitrogens with one attached hydrogen (secondary N) is 1. The second kappa shape index (κ2) is 5.84. The van der Waals surface area contributed by atoms with Gasteiger partial charge in [-0.1, -0.05) is 12.1 Å². The quantitative estimate of drug-likeness (QED) is 0.849. The minimum absolute atomic E-state index is 0.0169. The van der Waals surface area contributed by atoms with Gasteiger partial charge in [0, 0.05) is 31.5 Å². The summed E-state index contributed by atoms with van der Waals surface area (Å²) < 4.78 is 5.23. The average molecular weight is 262 g/mol. The van der Waals surface area contributed by atoms with Gasteiger partial charge in [0.1, 0.15) is 0 Å². The molecule has 1 saturated heterocycles. The molecule has 1 fully saturated rings. The van der Waals surface area contributed by atoms with Crippen LogP contribution >= 0.6 is 0 Å². The number of hydrogen-bond acceptors (Lipinski definition) is 3. The van der Waals surface area contributed by atoms with Crippen LogP contribution in [0.3, 0.4) is 0 Å². The third kappa shape index (κ3) is 3.32. The van der Waals surface area contributed by atoms with Gasteiger partial charge in [0.25, 0.3) is 0 Å². The van der Waals surface area contributed by atoms with Crippen LogP contribution in [0.25, 0.3) is 0 Å². The molecule has 0 aliphatic carbocycles. The summed E-state index contributed by atoms with van der Waals surface area (Å²) in [7, 11) is 1.66. The zero-order valence-corrected chi connectivity index (χ0v) is 11.2. The van der Waals surface area contributed by atoms with E-state index in [1.807, 2.05) is 0 Å². The number of likely N-dealkylation sites (tertiary alicyclic amines) is 1. The molecule has 1 heterocycles. The predicted molar refractivity (Wildman–Crippen MR) is 72.5 cm³/mol. The van der Waals surface area contributed by atoms with Crippen molar-refractivity contribution < 1.29 is 14.3 Å². The molecule has 1 atom stereocenters. The monoisotopic (exact) mass is 262 g/mol. The lowest BCUT2D eigenvalue weighted by Gasteiger charge is -2.17. The minimum atomic E-state index is -0.153. The molecule has 1 aliphatic heterocycles. The maximum absolute atomic E-state index is 12.0. The second-order valence-electron chi connectivity index (χ2n) is 4.66. The maximum Gasteiger partial charge on any atom is 0.321 e. The second-order valence-corrected chi connectivity index (χ2v) is 4.66. The molecule has 1 aliphatic rings. The number of rotatable bonds is 3. The summed E-state index contributed by atoms with van der Waals surface area (Å²) in [6.07, 6.45) is 0.978. The van der Waals surface area contributed by atoms with Gasteiger partial charge in [-0.15, -0.1) is 0 Å². The summed E-state index contributed by atoms with van der Waals surface area (Å²) in [4.78, 5) is 25.0. The summed E-state index contributed by atoms with van der Waals surface area (Å²) in [6, 6.07) is 6.79. The van der Waals surface area contributed by atoms with Crippen molar-refractivity contribution in [2.24, 2.45) is 0 Å². The van der Waals surface area contributed by atoms with E-state index in [0.29, 0.717) is 24.3 Å². The zero-order chi connectivity index (χ0) is 13.8. The standard InChI is InChI=1S/C14H18N2O3/c1-10(17)11-4-3-5-12(8-11)15-14(18)16-7-6-13(9-16)19-2/h3-5,8,13H,6-7,9H2,1-2H3,(H,15,18). The zero-order valence-electron chi connectivity index (χ0n) is 11.2. The molecule has 1 aromatic carbocycles. The van der Waals surface area contributed by atoms with Crippen molar-refractivity contribution in [3.8, 4) is 0 Å². The number of carbonyl (C=O) groups excluding carboxylic acids is 2. The lowest BCUT2D eigenvalue weighted by Crippen LogP contribution is -2.33. The number of ether oxygens (including phenoxy) is 1. The Kier molecular flexibility index (Phi) is 4.16. The highest BCUT2D eigenvalue weighted by Crippen LogP contribution is 2.15. The highest BCUT2D eigenvalue weighted by molar-refractivity contribution is 5.96. The van der Waals surface area contributed by atoms with E-state index in [1.165, 1.54) is 6.92 Å². The van der Waals surface area contributed by atoms with Gasteiger partial charge in [-0.25, -0.2) is 4.79 Å². The highest BCUT2D eigenvalue weighted by Gasteiger charge is 2.25. The number of Topliss-reactive ketones (excluding diaryl/α,β-unsaturated/α-hetero) is 1. The van der Waals surface area contributed by atoms with Crippen molar-refractivity contribution in [3.63, 3.8) is 0 Å². The lowest BCUT2D eigenvalue weighted by atomic mass is 10.1. The number of anilines is 1. The Labute approximate surface area is 112 Å². The van der Waals surface area contributed by atoms with Crippen molar-refractivity contribution in [2.75, 3.05) is 25.5 Å². The molecular weight excluding hydrogens is 244 g/mol. The van der Waals surface area contributed by atoms with E-state index in [1.54, 1.807) is 36.3 Å². The summed E-state index contributed by atoms with van der Waals surface area (Å²) in [5.74, 6) is -0.0169. The Morgan fingerprint density at radius 3 is 2.84 bits per heavy atom. The smallest absolute Gasteiger partial charge is 0.321 e. The fourth-order valence-corrected chi connectivity index (χ4v) is 2.12. The number of urea groups is 1. The average Bonchev–Trinajstić information content (AvgIpc) is 2.88. The molecule has 1 aromatic rings. The first-order valence-electron chi connectivity index (χ1n) is 6.30. The molecule has 1 unspecified atom stereocenters. The largest absolute Gasteiger partial charge is 0.380 e. The number of ketones is 1. The first-order valence-corrected chi connectivity index (χ1v) is 6.30. The molecule has 0 spiro atoms. The number of carbonyl (C=O) groups is 2. The number of nitrogens with zero attached hydrogens (tertiary/aromatic N) is 1. The Morgan fingerprint density at radius 1 is 1.42 bits per heavy atom. The molecule has 5 heteroatoms.